The molecule has 0 aliphatic heterocycles. The first-order valence-electron chi connectivity index (χ1n) is 10.0. The Morgan fingerprint density at radius 1 is 0.600 bits per heavy atom. The van der Waals surface area contributed by atoms with Crippen LogP contribution in [0, 0.1) is 0 Å². The fourth-order valence-corrected chi connectivity index (χ4v) is 2.49. The minimum Gasteiger partial charge on any atom is -1.00 e. The molecule has 0 aromatic carbocycles. The maximum atomic E-state index is 11.5. The summed E-state index contributed by atoms with van der Waals surface area (Å²) in [5.74, 6) is -0.583. The van der Waals surface area contributed by atoms with E-state index in [1.165, 1.54) is 51.4 Å². The second-order valence-corrected chi connectivity index (χ2v) is 6.48. The number of rotatable bonds is 17. The Balaban J connectivity index is -0.00000264. The molecule has 0 atom stereocenters. The molecule has 0 heterocycles. The smallest absolute Gasteiger partial charge is 1.00 e. The minimum atomic E-state index is -0.292. The first-order chi connectivity index (χ1) is 11.7. The molecule has 0 radical (unpaired) electrons. The van der Waals surface area contributed by atoms with Crippen LogP contribution in [0.1, 0.15) is 105 Å². The third-order valence-electron chi connectivity index (χ3n) is 4.06. The zero-order chi connectivity index (χ0) is 17.9. The molecule has 4 nitrogen and oxygen atoms in total. The van der Waals surface area contributed by atoms with Crippen molar-refractivity contribution in [2.75, 3.05) is 13.2 Å². The summed E-state index contributed by atoms with van der Waals surface area (Å²) in [7, 11) is 0. The molecule has 0 saturated carbocycles. The summed E-state index contributed by atoms with van der Waals surface area (Å²) in [4.78, 5) is 23.1. The van der Waals surface area contributed by atoms with Gasteiger partial charge in [-0.25, -0.2) is 0 Å². The van der Waals surface area contributed by atoms with Crippen molar-refractivity contribution in [1.29, 1.82) is 0 Å². The second-order valence-electron chi connectivity index (χ2n) is 6.48. The van der Waals surface area contributed by atoms with E-state index in [9.17, 15) is 9.59 Å². The van der Waals surface area contributed by atoms with Gasteiger partial charge in [-0.15, -0.1) is 0 Å². The molecule has 0 rings (SSSR count). The maximum absolute atomic E-state index is 11.5. The molecular weight excluding hydrogens is 327 g/mol. The van der Waals surface area contributed by atoms with E-state index < -0.39 is 0 Å². The molecule has 0 aliphatic carbocycles. The van der Waals surface area contributed by atoms with Crippen molar-refractivity contribution in [1.82, 2.24) is 0 Å². The minimum absolute atomic E-state index is 0. The summed E-state index contributed by atoms with van der Waals surface area (Å²) in [5.41, 5.74) is 0. The molecule has 25 heavy (non-hydrogen) atoms. The van der Waals surface area contributed by atoms with Crippen LogP contribution in [-0.2, 0) is 19.1 Å². The van der Waals surface area contributed by atoms with Gasteiger partial charge in [0.15, 0.2) is 0 Å². The Morgan fingerprint density at radius 3 is 1.28 bits per heavy atom. The van der Waals surface area contributed by atoms with Crippen molar-refractivity contribution in [2.24, 2.45) is 0 Å². The van der Waals surface area contributed by atoms with E-state index in [0.29, 0.717) is 13.2 Å². The van der Waals surface area contributed by atoms with E-state index in [1.54, 1.807) is 0 Å². The van der Waals surface area contributed by atoms with Gasteiger partial charge in [0, 0.05) is 0 Å². The van der Waals surface area contributed by atoms with Crippen LogP contribution in [-0.4, -0.2) is 25.2 Å². The SMILES string of the molecule is CCCCCCCCOC(=O)CCC(=O)OCCCCCCCC.[H-].[Na+]. The average Bonchev–Trinajstić information content (AvgIpc) is 2.58. The van der Waals surface area contributed by atoms with Crippen LogP contribution in [0.3, 0.4) is 0 Å². The number of hydrogen-bond acceptors (Lipinski definition) is 4. The van der Waals surface area contributed by atoms with Gasteiger partial charge in [0.1, 0.15) is 0 Å². The van der Waals surface area contributed by atoms with Gasteiger partial charge < -0.3 is 10.9 Å². The molecule has 0 N–H and O–H groups in total. The van der Waals surface area contributed by atoms with Crippen LogP contribution in [0.5, 0.6) is 0 Å². The van der Waals surface area contributed by atoms with Crippen LogP contribution in [0.25, 0.3) is 0 Å². The van der Waals surface area contributed by atoms with E-state index in [2.05, 4.69) is 13.8 Å². The van der Waals surface area contributed by atoms with Crippen LogP contribution < -0.4 is 29.6 Å². The van der Waals surface area contributed by atoms with Crippen LogP contribution in [0.2, 0.25) is 0 Å². The Morgan fingerprint density at radius 2 is 0.920 bits per heavy atom. The first-order valence-corrected chi connectivity index (χ1v) is 10.0. The number of ether oxygens (including phenoxy) is 2. The van der Waals surface area contributed by atoms with Crippen molar-refractivity contribution in [3.8, 4) is 0 Å². The first kappa shape index (κ1) is 27.2. The molecule has 0 aliphatic rings. The largest absolute Gasteiger partial charge is 1.00 e. The van der Waals surface area contributed by atoms with Gasteiger partial charge in [0.25, 0.3) is 0 Å². The third kappa shape index (κ3) is 21.9. The maximum Gasteiger partial charge on any atom is 1.00 e. The van der Waals surface area contributed by atoms with Crippen molar-refractivity contribution in [3.63, 3.8) is 0 Å². The molecule has 0 aromatic heterocycles. The number of hydrogen-bond donors (Lipinski definition) is 0. The number of esters is 2. The van der Waals surface area contributed by atoms with Crippen LogP contribution in [0.15, 0.2) is 0 Å². The predicted molar refractivity (Wildman–Crippen MR) is 99.0 cm³/mol. The Kier molecular flexibility index (Phi) is 23.9. The van der Waals surface area contributed by atoms with E-state index >= 15 is 0 Å². The standard InChI is InChI=1S/C20H38O4.Na.H/c1-3-5-7-9-11-13-17-23-19(21)15-16-20(22)24-18-14-12-10-8-6-4-2;;/h3-18H2,1-2H3;;/q;+1;-1. The van der Waals surface area contributed by atoms with E-state index in [-0.39, 0.29) is 55.8 Å². The Labute approximate surface area is 178 Å². The Bertz CT molecular complexity index is 284. The summed E-state index contributed by atoms with van der Waals surface area (Å²) in [6.45, 7) is 5.33. The normalized spacial score (nSPS) is 10.2. The van der Waals surface area contributed by atoms with Gasteiger partial charge in [0.05, 0.1) is 26.1 Å². The number of carbonyl (C=O) groups is 2. The zero-order valence-electron chi connectivity index (χ0n) is 17.9. The second kappa shape index (κ2) is 22.0. The molecule has 0 saturated heterocycles. The monoisotopic (exact) mass is 366 g/mol. The van der Waals surface area contributed by atoms with Crippen LogP contribution in [0.4, 0.5) is 0 Å². The van der Waals surface area contributed by atoms with E-state index in [1.807, 2.05) is 0 Å². The van der Waals surface area contributed by atoms with Crippen molar-refractivity contribution in [2.45, 2.75) is 104 Å². The fraction of sp³-hybridized carbons (Fsp3) is 0.900. The summed E-state index contributed by atoms with van der Waals surface area (Å²) >= 11 is 0. The van der Waals surface area contributed by atoms with Crippen molar-refractivity contribution < 1.29 is 50.0 Å². The Hall–Kier alpha value is -0.0600. The molecule has 5 heteroatoms. The molecular formula is C20H39NaO4. The topological polar surface area (TPSA) is 52.6 Å². The van der Waals surface area contributed by atoms with Gasteiger partial charge in [-0.05, 0) is 12.8 Å². The quantitative estimate of drug-likeness (QED) is 0.226. The molecule has 0 unspecified atom stereocenters. The third-order valence-corrected chi connectivity index (χ3v) is 4.06. The molecule has 144 valence electrons. The molecule has 0 aromatic rings. The van der Waals surface area contributed by atoms with Gasteiger partial charge in [0.2, 0.25) is 0 Å². The van der Waals surface area contributed by atoms with Gasteiger partial charge in [-0.3, -0.25) is 9.59 Å². The summed E-state index contributed by atoms with van der Waals surface area (Å²) < 4.78 is 10.3. The molecule has 0 bridgehead atoms. The molecule has 0 spiro atoms. The van der Waals surface area contributed by atoms with Crippen LogP contribution >= 0.6 is 0 Å². The molecule has 0 fully saturated rings. The zero-order valence-corrected chi connectivity index (χ0v) is 18.9. The summed E-state index contributed by atoms with van der Waals surface area (Å²) in [6, 6.07) is 0. The van der Waals surface area contributed by atoms with Gasteiger partial charge >= 0.3 is 41.5 Å². The predicted octanol–water partition coefficient (Wildman–Crippen LogP) is 2.69. The van der Waals surface area contributed by atoms with Crippen molar-refractivity contribution >= 4 is 11.9 Å². The number of carbonyl (C=O) groups excluding carboxylic acids is 2. The fourth-order valence-electron chi connectivity index (χ4n) is 2.49. The summed E-state index contributed by atoms with van der Waals surface area (Å²) in [6.07, 6.45) is 14.3. The van der Waals surface area contributed by atoms with E-state index in [4.69, 9.17) is 9.47 Å². The van der Waals surface area contributed by atoms with Gasteiger partial charge in [-0.2, -0.15) is 0 Å². The average molecular weight is 367 g/mol. The summed E-state index contributed by atoms with van der Waals surface area (Å²) in [5, 5.41) is 0. The number of unbranched alkanes of at least 4 members (excludes halogenated alkanes) is 10. The molecule has 0 amide bonds. The van der Waals surface area contributed by atoms with Gasteiger partial charge in [-0.1, -0.05) is 78.1 Å². The van der Waals surface area contributed by atoms with E-state index in [0.717, 1.165) is 25.7 Å². The van der Waals surface area contributed by atoms with Crippen molar-refractivity contribution in [3.05, 3.63) is 0 Å².